The van der Waals surface area contributed by atoms with Crippen LogP contribution in [0.25, 0.3) is 0 Å². The Morgan fingerprint density at radius 1 is 1.28 bits per heavy atom. The number of anilines is 1. The fraction of sp³-hybridized carbons (Fsp3) is 0.385. The highest BCUT2D eigenvalue weighted by Gasteiger charge is 2.33. The van der Waals surface area contributed by atoms with E-state index in [2.05, 4.69) is 10.6 Å². The number of amides is 2. The Hall–Kier alpha value is -2.04. The lowest BCUT2D eigenvalue weighted by atomic mass is 9.79. The lowest BCUT2D eigenvalue weighted by molar-refractivity contribution is 0.0698. The molecule has 1 aromatic carbocycles. The molecule has 3 N–H and O–H groups in total. The summed E-state index contributed by atoms with van der Waals surface area (Å²) in [5, 5.41) is 14.4. The molecule has 5 heteroatoms. The monoisotopic (exact) mass is 248 g/mol. The lowest BCUT2D eigenvalue weighted by Gasteiger charge is -2.39. The topological polar surface area (TPSA) is 78.4 Å². The SMILES string of the molecule is CC1(NC(=O)Nc2ccccc2C(=O)O)CCC1. The Kier molecular flexibility index (Phi) is 3.23. The molecule has 5 nitrogen and oxygen atoms in total. The first-order chi connectivity index (χ1) is 8.50. The van der Waals surface area contributed by atoms with E-state index in [-0.39, 0.29) is 17.1 Å². The molecule has 0 aromatic heterocycles. The Labute approximate surface area is 105 Å². The van der Waals surface area contributed by atoms with Gasteiger partial charge in [-0.05, 0) is 38.3 Å². The normalized spacial score (nSPS) is 16.5. The summed E-state index contributed by atoms with van der Waals surface area (Å²) in [5.41, 5.74) is 0.249. The van der Waals surface area contributed by atoms with Crippen LogP contribution in [0.3, 0.4) is 0 Å². The zero-order valence-electron chi connectivity index (χ0n) is 10.2. The average molecular weight is 248 g/mol. The van der Waals surface area contributed by atoms with Crippen LogP contribution >= 0.6 is 0 Å². The number of para-hydroxylation sites is 1. The van der Waals surface area contributed by atoms with Crippen LogP contribution in [0.5, 0.6) is 0 Å². The van der Waals surface area contributed by atoms with Crippen LogP contribution < -0.4 is 10.6 Å². The number of carboxylic acid groups (broad SMARTS) is 1. The van der Waals surface area contributed by atoms with Crippen LogP contribution in [-0.4, -0.2) is 22.6 Å². The molecule has 0 heterocycles. The van der Waals surface area contributed by atoms with Crippen molar-refractivity contribution in [1.82, 2.24) is 5.32 Å². The first-order valence-corrected chi connectivity index (χ1v) is 5.92. The average Bonchev–Trinajstić information content (AvgIpc) is 2.27. The first-order valence-electron chi connectivity index (χ1n) is 5.92. The molecule has 0 saturated heterocycles. The Balaban J connectivity index is 2.05. The molecule has 1 fully saturated rings. The van der Waals surface area contributed by atoms with Crippen molar-refractivity contribution in [2.75, 3.05) is 5.32 Å². The molecule has 2 amide bonds. The minimum atomic E-state index is -1.05. The van der Waals surface area contributed by atoms with Gasteiger partial charge in [0.15, 0.2) is 0 Å². The smallest absolute Gasteiger partial charge is 0.337 e. The number of nitrogens with one attached hydrogen (secondary N) is 2. The largest absolute Gasteiger partial charge is 0.478 e. The summed E-state index contributed by atoms with van der Waals surface area (Å²) in [7, 11) is 0. The number of benzene rings is 1. The minimum Gasteiger partial charge on any atom is -0.478 e. The van der Waals surface area contributed by atoms with Gasteiger partial charge in [0.2, 0.25) is 0 Å². The molecule has 0 radical (unpaired) electrons. The number of aromatic carboxylic acids is 1. The molecular weight excluding hydrogens is 232 g/mol. The second kappa shape index (κ2) is 4.68. The van der Waals surface area contributed by atoms with Crippen LogP contribution in [-0.2, 0) is 0 Å². The molecule has 1 aliphatic rings. The van der Waals surface area contributed by atoms with Gasteiger partial charge in [-0.25, -0.2) is 9.59 Å². The summed E-state index contributed by atoms with van der Waals surface area (Å²) in [6, 6.07) is 5.99. The zero-order valence-corrected chi connectivity index (χ0v) is 10.2. The number of rotatable bonds is 3. The number of carboxylic acids is 1. The van der Waals surface area contributed by atoms with Gasteiger partial charge in [-0.2, -0.15) is 0 Å². The Morgan fingerprint density at radius 2 is 1.94 bits per heavy atom. The van der Waals surface area contributed by atoms with Crippen molar-refractivity contribution in [3.05, 3.63) is 29.8 Å². The molecule has 1 aliphatic carbocycles. The van der Waals surface area contributed by atoms with E-state index >= 15 is 0 Å². The van der Waals surface area contributed by atoms with Crippen LogP contribution in [0.15, 0.2) is 24.3 Å². The first kappa shape index (κ1) is 12.4. The molecule has 0 aliphatic heterocycles. The van der Waals surface area contributed by atoms with Crippen molar-refractivity contribution in [1.29, 1.82) is 0 Å². The maximum atomic E-state index is 11.8. The molecule has 2 rings (SSSR count). The number of hydrogen-bond donors (Lipinski definition) is 3. The second-order valence-corrected chi connectivity index (χ2v) is 4.84. The highest BCUT2D eigenvalue weighted by atomic mass is 16.4. The summed E-state index contributed by atoms with van der Waals surface area (Å²) >= 11 is 0. The van der Waals surface area contributed by atoms with Crippen LogP contribution in [0.2, 0.25) is 0 Å². The Morgan fingerprint density at radius 3 is 2.50 bits per heavy atom. The van der Waals surface area contributed by atoms with Crippen LogP contribution in [0, 0.1) is 0 Å². The zero-order chi connectivity index (χ0) is 13.2. The van der Waals surface area contributed by atoms with E-state index in [1.54, 1.807) is 18.2 Å². The second-order valence-electron chi connectivity index (χ2n) is 4.84. The summed E-state index contributed by atoms with van der Waals surface area (Å²) in [5.74, 6) is -1.05. The fourth-order valence-corrected chi connectivity index (χ4v) is 2.04. The third-order valence-electron chi connectivity index (χ3n) is 3.28. The molecule has 0 bridgehead atoms. The quantitative estimate of drug-likeness (QED) is 0.768. The predicted molar refractivity (Wildman–Crippen MR) is 67.8 cm³/mol. The van der Waals surface area contributed by atoms with Crippen LogP contribution in [0.4, 0.5) is 10.5 Å². The van der Waals surface area contributed by atoms with Crippen molar-refractivity contribution >= 4 is 17.7 Å². The van der Waals surface area contributed by atoms with Crippen molar-refractivity contribution in [2.45, 2.75) is 31.7 Å². The maximum Gasteiger partial charge on any atom is 0.337 e. The lowest BCUT2D eigenvalue weighted by Crippen LogP contribution is -2.52. The molecule has 1 aromatic rings. The third kappa shape index (κ3) is 2.61. The summed E-state index contributed by atoms with van der Waals surface area (Å²) in [4.78, 5) is 22.8. The predicted octanol–water partition coefficient (Wildman–Crippen LogP) is 2.45. The number of urea groups is 1. The standard InChI is InChI=1S/C13H16N2O3/c1-13(7-4-8-13)15-12(18)14-10-6-3-2-5-9(10)11(16)17/h2-3,5-6H,4,7-8H2,1H3,(H,16,17)(H2,14,15,18). The molecular formula is C13H16N2O3. The van der Waals surface area contributed by atoms with E-state index in [0.717, 1.165) is 19.3 Å². The molecule has 18 heavy (non-hydrogen) atoms. The number of hydrogen-bond acceptors (Lipinski definition) is 2. The maximum absolute atomic E-state index is 11.8. The number of carbonyl (C=O) groups is 2. The van der Waals surface area contributed by atoms with Gasteiger partial charge in [-0.1, -0.05) is 12.1 Å². The van der Waals surface area contributed by atoms with E-state index in [4.69, 9.17) is 5.11 Å². The molecule has 1 saturated carbocycles. The number of carbonyl (C=O) groups excluding carboxylic acids is 1. The van der Waals surface area contributed by atoms with Gasteiger partial charge in [-0.3, -0.25) is 0 Å². The fourth-order valence-electron chi connectivity index (χ4n) is 2.04. The van der Waals surface area contributed by atoms with E-state index in [9.17, 15) is 9.59 Å². The van der Waals surface area contributed by atoms with Crippen LogP contribution in [0.1, 0.15) is 36.5 Å². The summed E-state index contributed by atoms with van der Waals surface area (Å²) in [6.45, 7) is 1.99. The van der Waals surface area contributed by atoms with Crippen molar-refractivity contribution in [3.63, 3.8) is 0 Å². The molecule has 0 unspecified atom stereocenters. The molecule has 0 spiro atoms. The van der Waals surface area contributed by atoms with Gasteiger partial charge in [-0.15, -0.1) is 0 Å². The van der Waals surface area contributed by atoms with Gasteiger partial charge < -0.3 is 15.7 Å². The van der Waals surface area contributed by atoms with Gasteiger partial charge in [0.1, 0.15) is 0 Å². The van der Waals surface area contributed by atoms with E-state index in [1.807, 2.05) is 6.92 Å². The highest BCUT2D eigenvalue weighted by Crippen LogP contribution is 2.30. The van der Waals surface area contributed by atoms with Gasteiger partial charge >= 0.3 is 12.0 Å². The summed E-state index contributed by atoms with van der Waals surface area (Å²) in [6.07, 6.45) is 3.03. The minimum absolute atomic E-state index is 0.0893. The van der Waals surface area contributed by atoms with Crippen molar-refractivity contribution in [3.8, 4) is 0 Å². The third-order valence-corrected chi connectivity index (χ3v) is 3.28. The van der Waals surface area contributed by atoms with E-state index in [1.165, 1.54) is 6.07 Å². The van der Waals surface area contributed by atoms with Gasteiger partial charge in [0.25, 0.3) is 0 Å². The van der Waals surface area contributed by atoms with E-state index < -0.39 is 5.97 Å². The van der Waals surface area contributed by atoms with Crippen molar-refractivity contribution in [2.24, 2.45) is 0 Å². The van der Waals surface area contributed by atoms with Gasteiger partial charge in [0.05, 0.1) is 11.3 Å². The summed E-state index contributed by atoms with van der Waals surface area (Å²) < 4.78 is 0. The molecule has 96 valence electrons. The van der Waals surface area contributed by atoms with E-state index in [0.29, 0.717) is 5.69 Å². The highest BCUT2D eigenvalue weighted by molar-refractivity contribution is 6.00. The molecule has 0 atom stereocenters. The van der Waals surface area contributed by atoms with Gasteiger partial charge in [0, 0.05) is 5.54 Å². The van der Waals surface area contributed by atoms with Crippen molar-refractivity contribution < 1.29 is 14.7 Å². The Bertz CT molecular complexity index is 481.